The van der Waals surface area contributed by atoms with E-state index in [9.17, 15) is 0 Å². The van der Waals surface area contributed by atoms with Gasteiger partial charge in [-0.15, -0.1) is 0 Å². The van der Waals surface area contributed by atoms with E-state index in [0.29, 0.717) is 13.0 Å². The van der Waals surface area contributed by atoms with Gasteiger partial charge in [0.25, 0.3) is 0 Å². The van der Waals surface area contributed by atoms with Crippen molar-refractivity contribution < 1.29 is 14.2 Å². The van der Waals surface area contributed by atoms with Gasteiger partial charge < -0.3 is 19.6 Å². The number of hydrogen-bond acceptors (Lipinski definition) is 4. The second kappa shape index (κ2) is 5.87. The summed E-state index contributed by atoms with van der Waals surface area (Å²) in [5.74, 6) is 1.81. The average Bonchev–Trinajstić information content (AvgIpc) is 2.93. The lowest BCUT2D eigenvalue weighted by molar-refractivity contribution is 0.193. The molecule has 1 aromatic rings. The molecule has 1 atom stereocenters. The third kappa shape index (κ3) is 2.82. The molecule has 0 unspecified atom stereocenters. The second-order valence-electron chi connectivity index (χ2n) is 4.44. The molecule has 1 fully saturated rings. The van der Waals surface area contributed by atoms with Crippen LogP contribution in [-0.2, 0) is 11.2 Å². The van der Waals surface area contributed by atoms with Gasteiger partial charge in [-0.3, -0.25) is 0 Å². The van der Waals surface area contributed by atoms with Gasteiger partial charge in [0, 0.05) is 30.7 Å². The minimum atomic E-state index is 0.261. The highest BCUT2D eigenvalue weighted by Gasteiger charge is 2.21. The van der Waals surface area contributed by atoms with Crippen LogP contribution in [0.4, 0.5) is 0 Å². The Bertz CT molecular complexity index is 425. The van der Waals surface area contributed by atoms with Crippen molar-refractivity contribution in [3.8, 4) is 11.5 Å². The molecule has 1 heterocycles. The van der Waals surface area contributed by atoms with Crippen molar-refractivity contribution >= 4 is 5.71 Å². The van der Waals surface area contributed by atoms with Gasteiger partial charge in [0.05, 0.1) is 20.8 Å². The minimum Gasteiger partial charge on any atom is -0.497 e. The van der Waals surface area contributed by atoms with E-state index in [-0.39, 0.29) is 5.92 Å². The van der Waals surface area contributed by atoms with Crippen molar-refractivity contribution in [1.29, 1.82) is 5.41 Å². The molecule has 0 spiro atoms. The van der Waals surface area contributed by atoms with Crippen LogP contribution in [0.5, 0.6) is 11.5 Å². The maximum Gasteiger partial charge on any atom is 0.126 e. The first-order chi connectivity index (χ1) is 8.74. The Hall–Kier alpha value is -1.55. The summed E-state index contributed by atoms with van der Waals surface area (Å²) in [5.41, 5.74) is 1.74. The highest BCUT2D eigenvalue weighted by atomic mass is 16.5. The van der Waals surface area contributed by atoms with E-state index in [1.165, 1.54) is 0 Å². The summed E-state index contributed by atoms with van der Waals surface area (Å²) < 4.78 is 15.8. The van der Waals surface area contributed by atoms with Crippen molar-refractivity contribution in [2.75, 3.05) is 27.4 Å². The van der Waals surface area contributed by atoms with Crippen molar-refractivity contribution in [2.24, 2.45) is 5.92 Å². The number of benzene rings is 1. The van der Waals surface area contributed by atoms with E-state index >= 15 is 0 Å². The summed E-state index contributed by atoms with van der Waals surface area (Å²) in [6, 6.07) is 5.71. The maximum absolute atomic E-state index is 8.13. The van der Waals surface area contributed by atoms with Crippen LogP contribution in [0, 0.1) is 11.3 Å². The van der Waals surface area contributed by atoms with Gasteiger partial charge in [-0.1, -0.05) is 6.07 Å². The monoisotopic (exact) mass is 249 g/mol. The van der Waals surface area contributed by atoms with Gasteiger partial charge in [0.2, 0.25) is 0 Å². The van der Waals surface area contributed by atoms with Gasteiger partial charge in [0.1, 0.15) is 11.5 Å². The lowest BCUT2D eigenvalue weighted by atomic mass is 9.96. The molecule has 4 nitrogen and oxygen atoms in total. The van der Waals surface area contributed by atoms with Gasteiger partial charge in [0.15, 0.2) is 0 Å². The first kappa shape index (κ1) is 12.9. The standard InChI is InChI=1S/C14H19NO3/c1-16-12-4-3-10(14(8-12)17-2)7-13(15)11-5-6-18-9-11/h3-4,8,11,15H,5-7,9H2,1-2H3/t11-/m0/s1. The average molecular weight is 249 g/mol. The predicted octanol–water partition coefficient (Wildman–Crippen LogP) is 2.30. The van der Waals surface area contributed by atoms with E-state index < -0.39 is 0 Å². The Morgan fingerprint density at radius 3 is 2.83 bits per heavy atom. The van der Waals surface area contributed by atoms with Gasteiger partial charge in [-0.25, -0.2) is 0 Å². The molecule has 1 saturated heterocycles. The van der Waals surface area contributed by atoms with Crippen molar-refractivity contribution in [3.63, 3.8) is 0 Å². The normalized spacial score (nSPS) is 18.7. The fraction of sp³-hybridized carbons (Fsp3) is 0.500. The summed E-state index contributed by atoms with van der Waals surface area (Å²) in [7, 11) is 3.27. The quantitative estimate of drug-likeness (QED) is 0.815. The molecule has 98 valence electrons. The van der Waals surface area contributed by atoms with Crippen LogP contribution in [0.25, 0.3) is 0 Å². The van der Waals surface area contributed by atoms with Gasteiger partial charge >= 0.3 is 0 Å². The third-order valence-electron chi connectivity index (χ3n) is 3.30. The molecule has 1 aromatic carbocycles. The Morgan fingerprint density at radius 1 is 1.39 bits per heavy atom. The third-order valence-corrected chi connectivity index (χ3v) is 3.30. The van der Waals surface area contributed by atoms with Crippen LogP contribution in [0.15, 0.2) is 18.2 Å². The molecule has 4 heteroatoms. The molecule has 1 aliphatic heterocycles. The first-order valence-electron chi connectivity index (χ1n) is 6.10. The summed E-state index contributed by atoms with van der Waals surface area (Å²) in [6.45, 7) is 1.45. The van der Waals surface area contributed by atoms with Crippen LogP contribution in [0.1, 0.15) is 12.0 Å². The number of nitrogens with one attached hydrogen (secondary N) is 1. The molecule has 18 heavy (non-hydrogen) atoms. The topological polar surface area (TPSA) is 51.5 Å². The zero-order valence-corrected chi connectivity index (χ0v) is 10.9. The molecule has 0 aromatic heterocycles. The molecule has 1 aliphatic rings. The van der Waals surface area contributed by atoms with Gasteiger partial charge in [-0.05, 0) is 18.1 Å². The zero-order valence-electron chi connectivity index (χ0n) is 10.9. The molecule has 0 saturated carbocycles. The minimum absolute atomic E-state index is 0.261. The smallest absolute Gasteiger partial charge is 0.126 e. The highest BCUT2D eigenvalue weighted by molar-refractivity contribution is 5.86. The van der Waals surface area contributed by atoms with Crippen LogP contribution >= 0.6 is 0 Å². The molecule has 1 N–H and O–H groups in total. The lowest BCUT2D eigenvalue weighted by Crippen LogP contribution is -2.16. The Labute approximate surface area is 107 Å². The van der Waals surface area contributed by atoms with E-state index in [4.69, 9.17) is 19.6 Å². The molecule has 0 aliphatic carbocycles. The van der Waals surface area contributed by atoms with E-state index in [0.717, 1.165) is 35.8 Å². The van der Waals surface area contributed by atoms with Crippen LogP contribution in [0.2, 0.25) is 0 Å². The predicted molar refractivity (Wildman–Crippen MR) is 69.9 cm³/mol. The SMILES string of the molecule is COc1ccc(CC(=N)[C@H]2CCOC2)c(OC)c1. The number of ether oxygens (including phenoxy) is 3. The molecule has 0 amide bonds. The zero-order chi connectivity index (χ0) is 13.0. The molecular formula is C14H19NO3. The lowest BCUT2D eigenvalue weighted by Gasteiger charge is -2.13. The largest absolute Gasteiger partial charge is 0.497 e. The molecular weight excluding hydrogens is 230 g/mol. The molecule has 0 bridgehead atoms. The van der Waals surface area contributed by atoms with E-state index in [2.05, 4.69) is 0 Å². The number of methoxy groups -OCH3 is 2. The van der Waals surface area contributed by atoms with Crippen LogP contribution < -0.4 is 9.47 Å². The first-order valence-corrected chi connectivity index (χ1v) is 6.10. The second-order valence-corrected chi connectivity index (χ2v) is 4.44. The van der Waals surface area contributed by atoms with Crippen molar-refractivity contribution in [2.45, 2.75) is 12.8 Å². The Morgan fingerprint density at radius 2 is 2.22 bits per heavy atom. The highest BCUT2D eigenvalue weighted by Crippen LogP contribution is 2.26. The fourth-order valence-electron chi connectivity index (χ4n) is 2.16. The maximum atomic E-state index is 8.13. The molecule has 2 rings (SSSR count). The molecule has 0 radical (unpaired) electrons. The van der Waals surface area contributed by atoms with Crippen molar-refractivity contribution in [1.82, 2.24) is 0 Å². The van der Waals surface area contributed by atoms with E-state index in [1.54, 1.807) is 14.2 Å². The summed E-state index contributed by atoms with van der Waals surface area (Å²) in [5, 5.41) is 8.13. The van der Waals surface area contributed by atoms with Crippen molar-refractivity contribution in [3.05, 3.63) is 23.8 Å². The summed E-state index contributed by atoms with van der Waals surface area (Å²) in [4.78, 5) is 0. The Balaban J connectivity index is 2.10. The fourth-order valence-corrected chi connectivity index (χ4v) is 2.16. The van der Waals surface area contributed by atoms with E-state index in [1.807, 2.05) is 18.2 Å². The number of rotatable bonds is 5. The summed E-state index contributed by atoms with van der Waals surface area (Å²) >= 11 is 0. The van der Waals surface area contributed by atoms with Crippen LogP contribution in [0.3, 0.4) is 0 Å². The number of hydrogen-bond donors (Lipinski definition) is 1. The Kier molecular flexibility index (Phi) is 4.20. The van der Waals surface area contributed by atoms with Gasteiger partial charge in [-0.2, -0.15) is 0 Å². The summed E-state index contributed by atoms with van der Waals surface area (Å²) in [6.07, 6.45) is 1.57. The van der Waals surface area contributed by atoms with Crippen LogP contribution in [-0.4, -0.2) is 33.1 Å².